The van der Waals surface area contributed by atoms with Crippen LogP contribution in [0.1, 0.15) is 27.7 Å². The number of aliphatic hydroxyl groups is 1. The predicted octanol–water partition coefficient (Wildman–Crippen LogP) is 1.28. The molecule has 0 aliphatic rings. The van der Waals surface area contributed by atoms with Crippen LogP contribution in [0.2, 0.25) is 0 Å². The first-order valence-electron chi connectivity index (χ1n) is 5.91. The number of hydrogen-bond donors (Lipinski definition) is 1. The van der Waals surface area contributed by atoms with Gasteiger partial charge in [-0.3, -0.25) is 4.90 Å². The van der Waals surface area contributed by atoms with Crippen molar-refractivity contribution in [3.63, 3.8) is 0 Å². The van der Waals surface area contributed by atoms with Crippen molar-refractivity contribution in [3.8, 4) is 0 Å². The van der Waals surface area contributed by atoms with Crippen LogP contribution in [0.3, 0.4) is 0 Å². The maximum Gasteiger partial charge on any atom is 0.0664 e. The largest absolute Gasteiger partial charge is 0.392 e. The van der Waals surface area contributed by atoms with Crippen molar-refractivity contribution in [3.05, 3.63) is 0 Å². The van der Waals surface area contributed by atoms with E-state index in [9.17, 15) is 5.11 Å². The van der Waals surface area contributed by atoms with E-state index in [4.69, 9.17) is 0 Å². The molecule has 0 aliphatic heterocycles. The molecule has 0 saturated carbocycles. The van der Waals surface area contributed by atoms with Crippen LogP contribution < -0.4 is 0 Å². The van der Waals surface area contributed by atoms with Crippen LogP contribution in [0.4, 0.5) is 0 Å². The molecule has 0 aromatic heterocycles. The van der Waals surface area contributed by atoms with Crippen LogP contribution in [0.15, 0.2) is 0 Å². The van der Waals surface area contributed by atoms with Gasteiger partial charge in [-0.15, -0.1) is 0 Å². The quantitative estimate of drug-likeness (QED) is 0.694. The predicted molar refractivity (Wildman–Crippen MR) is 66.1 cm³/mol. The minimum Gasteiger partial charge on any atom is -0.392 e. The Kier molecular flexibility index (Phi) is 7.14. The fourth-order valence-electron chi connectivity index (χ4n) is 1.56. The van der Waals surface area contributed by atoms with E-state index >= 15 is 0 Å². The van der Waals surface area contributed by atoms with Crippen LogP contribution in [0.5, 0.6) is 0 Å². The minimum atomic E-state index is -0.258. The molecule has 0 spiro atoms. The SMILES string of the molecule is CC(C)CN(CCN(C)C)C(C)C(C)O. The molecule has 0 saturated heterocycles. The Morgan fingerprint density at radius 3 is 1.87 bits per heavy atom. The third-order valence-corrected chi connectivity index (χ3v) is 2.71. The smallest absolute Gasteiger partial charge is 0.0664 e. The van der Waals surface area contributed by atoms with E-state index in [-0.39, 0.29) is 12.1 Å². The first-order chi connectivity index (χ1) is 6.84. The van der Waals surface area contributed by atoms with E-state index in [2.05, 4.69) is 44.7 Å². The maximum atomic E-state index is 9.61. The van der Waals surface area contributed by atoms with Gasteiger partial charge in [0.2, 0.25) is 0 Å². The molecular formula is C12H28N2O. The summed E-state index contributed by atoms with van der Waals surface area (Å²) in [4.78, 5) is 4.55. The summed E-state index contributed by atoms with van der Waals surface area (Å²) in [6.07, 6.45) is -0.258. The number of rotatable bonds is 7. The van der Waals surface area contributed by atoms with Gasteiger partial charge >= 0.3 is 0 Å². The molecule has 0 radical (unpaired) electrons. The van der Waals surface area contributed by atoms with E-state index < -0.39 is 0 Å². The molecule has 0 bridgehead atoms. The summed E-state index contributed by atoms with van der Waals surface area (Å²) in [6, 6.07) is 0.243. The number of aliphatic hydroxyl groups excluding tert-OH is 1. The summed E-state index contributed by atoms with van der Waals surface area (Å²) < 4.78 is 0. The molecule has 3 nitrogen and oxygen atoms in total. The third kappa shape index (κ3) is 6.88. The number of hydrogen-bond acceptors (Lipinski definition) is 3. The molecule has 0 aromatic rings. The summed E-state index contributed by atoms with van der Waals surface area (Å²) in [7, 11) is 4.17. The van der Waals surface area contributed by atoms with Gasteiger partial charge in [-0.05, 0) is 33.9 Å². The van der Waals surface area contributed by atoms with Crippen LogP contribution in [0.25, 0.3) is 0 Å². The van der Waals surface area contributed by atoms with E-state index in [1.54, 1.807) is 0 Å². The Morgan fingerprint density at radius 1 is 1.00 bits per heavy atom. The van der Waals surface area contributed by atoms with Crippen LogP contribution in [-0.2, 0) is 0 Å². The topological polar surface area (TPSA) is 26.7 Å². The zero-order valence-electron chi connectivity index (χ0n) is 11.2. The average molecular weight is 216 g/mol. The first kappa shape index (κ1) is 14.9. The molecule has 0 aliphatic carbocycles. The monoisotopic (exact) mass is 216 g/mol. The van der Waals surface area contributed by atoms with Crippen LogP contribution in [-0.4, -0.2) is 60.8 Å². The van der Waals surface area contributed by atoms with Gasteiger partial charge in [0.1, 0.15) is 0 Å². The highest BCUT2D eigenvalue weighted by Gasteiger charge is 2.18. The van der Waals surface area contributed by atoms with Gasteiger partial charge in [0.25, 0.3) is 0 Å². The third-order valence-electron chi connectivity index (χ3n) is 2.71. The van der Waals surface area contributed by atoms with Crippen molar-refractivity contribution in [2.24, 2.45) is 5.92 Å². The lowest BCUT2D eigenvalue weighted by molar-refractivity contribution is 0.0595. The molecule has 0 fully saturated rings. The number of nitrogens with zero attached hydrogens (tertiary/aromatic N) is 2. The lowest BCUT2D eigenvalue weighted by Gasteiger charge is -2.33. The van der Waals surface area contributed by atoms with Gasteiger partial charge in [0.15, 0.2) is 0 Å². The minimum absolute atomic E-state index is 0.243. The van der Waals surface area contributed by atoms with E-state index in [1.807, 2.05) is 6.92 Å². The molecule has 2 atom stereocenters. The molecular weight excluding hydrogens is 188 g/mol. The highest BCUT2D eigenvalue weighted by molar-refractivity contribution is 4.73. The van der Waals surface area contributed by atoms with Gasteiger partial charge < -0.3 is 10.0 Å². The van der Waals surface area contributed by atoms with E-state index in [1.165, 1.54) is 0 Å². The highest BCUT2D eigenvalue weighted by Crippen LogP contribution is 2.07. The van der Waals surface area contributed by atoms with E-state index in [0.29, 0.717) is 5.92 Å². The van der Waals surface area contributed by atoms with Gasteiger partial charge in [-0.25, -0.2) is 0 Å². The van der Waals surface area contributed by atoms with Crippen molar-refractivity contribution in [1.29, 1.82) is 0 Å². The molecule has 15 heavy (non-hydrogen) atoms. The van der Waals surface area contributed by atoms with Crippen molar-refractivity contribution >= 4 is 0 Å². The second-order valence-corrected chi connectivity index (χ2v) is 5.17. The Labute approximate surface area is 95.1 Å². The molecule has 0 amide bonds. The summed E-state index contributed by atoms with van der Waals surface area (Å²) >= 11 is 0. The van der Waals surface area contributed by atoms with Crippen molar-refractivity contribution in [2.75, 3.05) is 33.7 Å². The molecule has 1 N–H and O–H groups in total. The van der Waals surface area contributed by atoms with Gasteiger partial charge in [-0.2, -0.15) is 0 Å². The fourth-order valence-corrected chi connectivity index (χ4v) is 1.56. The van der Waals surface area contributed by atoms with Gasteiger partial charge in [-0.1, -0.05) is 13.8 Å². The average Bonchev–Trinajstić information content (AvgIpc) is 2.10. The van der Waals surface area contributed by atoms with Gasteiger partial charge in [0, 0.05) is 25.7 Å². The lowest BCUT2D eigenvalue weighted by atomic mass is 10.1. The fraction of sp³-hybridized carbons (Fsp3) is 1.00. The van der Waals surface area contributed by atoms with Crippen molar-refractivity contribution in [1.82, 2.24) is 9.80 Å². The Balaban J connectivity index is 4.17. The second kappa shape index (κ2) is 7.20. The zero-order chi connectivity index (χ0) is 12.0. The number of likely N-dealkylation sites (N-methyl/N-ethyl adjacent to an activating group) is 1. The summed E-state index contributed by atoms with van der Waals surface area (Å²) in [5.74, 6) is 0.647. The molecule has 0 heterocycles. The lowest BCUT2D eigenvalue weighted by Crippen LogP contribution is -2.45. The van der Waals surface area contributed by atoms with Crippen LogP contribution in [0, 0.1) is 5.92 Å². The van der Waals surface area contributed by atoms with Crippen molar-refractivity contribution in [2.45, 2.75) is 39.8 Å². The molecule has 0 aromatic carbocycles. The summed E-state index contributed by atoms with van der Waals surface area (Å²) in [6.45, 7) is 11.5. The molecule has 3 heteroatoms. The molecule has 0 rings (SSSR count). The Morgan fingerprint density at radius 2 is 1.53 bits per heavy atom. The maximum absolute atomic E-state index is 9.61. The summed E-state index contributed by atoms with van der Waals surface area (Å²) in [5.41, 5.74) is 0. The highest BCUT2D eigenvalue weighted by atomic mass is 16.3. The van der Waals surface area contributed by atoms with Crippen molar-refractivity contribution < 1.29 is 5.11 Å². The molecule has 2 unspecified atom stereocenters. The Bertz CT molecular complexity index is 158. The second-order valence-electron chi connectivity index (χ2n) is 5.17. The zero-order valence-corrected chi connectivity index (χ0v) is 11.2. The van der Waals surface area contributed by atoms with Crippen LogP contribution >= 0.6 is 0 Å². The van der Waals surface area contributed by atoms with Gasteiger partial charge in [0.05, 0.1) is 6.10 Å². The van der Waals surface area contributed by atoms with E-state index in [0.717, 1.165) is 19.6 Å². The standard InChI is InChI=1S/C12H28N2O/c1-10(2)9-14(8-7-13(5)6)11(3)12(4)15/h10-12,15H,7-9H2,1-6H3. The Hall–Kier alpha value is -0.120. The first-order valence-corrected chi connectivity index (χ1v) is 5.91. The normalized spacial score (nSPS) is 16.4. The molecule has 92 valence electrons. The summed E-state index contributed by atoms with van der Waals surface area (Å²) in [5, 5.41) is 9.61.